The summed E-state index contributed by atoms with van der Waals surface area (Å²) in [6.45, 7) is 5.00. The van der Waals surface area contributed by atoms with Gasteiger partial charge in [0.25, 0.3) is 0 Å². The molecule has 2 rings (SSSR count). The monoisotopic (exact) mass is 332 g/mol. The molecular weight excluding hydrogens is 308 g/mol. The molecule has 0 spiro atoms. The Bertz CT molecular complexity index is 607. The lowest BCUT2D eigenvalue weighted by molar-refractivity contribution is -0.151. The van der Waals surface area contributed by atoms with Gasteiger partial charge in [0, 0.05) is 24.3 Å². The number of Topliss-reactive ketones (excluding diaryl/α,β-unsaturated/α-hetero) is 1. The number of piperidine rings is 1. The van der Waals surface area contributed by atoms with Crippen molar-refractivity contribution in [2.75, 3.05) is 31.6 Å². The maximum absolute atomic E-state index is 12.3. The van der Waals surface area contributed by atoms with E-state index in [1.807, 2.05) is 6.07 Å². The van der Waals surface area contributed by atoms with Crippen LogP contribution in [0.1, 0.15) is 37.0 Å². The van der Waals surface area contributed by atoms with E-state index in [4.69, 9.17) is 4.74 Å². The molecular formula is C18H24N2O4. The fraction of sp³-hybridized carbons (Fsp3) is 0.500. The average molecular weight is 332 g/mol. The summed E-state index contributed by atoms with van der Waals surface area (Å²) in [5.41, 5.74) is 1.36. The van der Waals surface area contributed by atoms with Gasteiger partial charge < -0.3 is 15.0 Å². The van der Waals surface area contributed by atoms with Crippen molar-refractivity contribution in [2.45, 2.75) is 26.7 Å². The van der Waals surface area contributed by atoms with Gasteiger partial charge in [0.2, 0.25) is 5.91 Å². The molecule has 1 saturated heterocycles. The Hall–Kier alpha value is -2.37. The van der Waals surface area contributed by atoms with Gasteiger partial charge in [-0.25, -0.2) is 0 Å². The maximum atomic E-state index is 12.3. The Balaban J connectivity index is 1.81. The summed E-state index contributed by atoms with van der Waals surface area (Å²) in [5.74, 6) is -0.283. The summed E-state index contributed by atoms with van der Waals surface area (Å²) in [7, 11) is 0. The minimum atomic E-state index is -0.163. The second kappa shape index (κ2) is 8.47. The molecule has 0 atom stereocenters. The third kappa shape index (κ3) is 4.81. The van der Waals surface area contributed by atoms with E-state index < -0.39 is 0 Å². The second-order valence-electron chi connectivity index (χ2n) is 5.90. The van der Waals surface area contributed by atoms with Gasteiger partial charge in [-0.05, 0) is 38.8 Å². The van der Waals surface area contributed by atoms with Gasteiger partial charge in [-0.1, -0.05) is 12.1 Å². The number of hydrogen-bond acceptors (Lipinski definition) is 5. The number of carbonyl (C=O) groups excluding carboxylic acids is 3. The van der Waals surface area contributed by atoms with Crippen molar-refractivity contribution < 1.29 is 19.1 Å². The third-order valence-electron chi connectivity index (χ3n) is 4.18. The number of anilines is 1. The average Bonchev–Trinajstić information content (AvgIpc) is 2.60. The molecule has 1 N–H and O–H groups in total. The highest BCUT2D eigenvalue weighted by Gasteiger charge is 2.27. The number of carbonyl (C=O) groups is 3. The van der Waals surface area contributed by atoms with Crippen LogP contribution in [0.5, 0.6) is 0 Å². The van der Waals surface area contributed by atoms with Crippen molar-refractivity contribution in [1.82, 2.24) is 4.90 Å². The molecule has 1 heterocycles. The zero-order chi connectivity index (χ0) is 17.5. The molecule has 6 nitrogen and oxygen atoms in total. The normalized spacial score (nSPS) is 15.0. The molecule has 0 saturated carbocycles. The smallest absolute Gasteiger partial charge is 0.309 e. The summed E-state index contributed by atoms with van der Waals surface area (Å²) >= 11 is 0. The van der Waals surface area contributed by atoms with E-state index in [9.17, 15) is 14.4 Å². The Morgan fingerprint density at radius 3 is 2.58 bits per heavy atom. The van der Waals surface area contributed by atoms with Crippen molar-refractivity contribution in [1.29, 1.82) is 0 Å². The number of esters is 1. The van der Waals surface area contributed by atoms with Crippen LogP contribution in [-0.2, 0) is 14.3 Å². The van der Waals surface area contributed by atoms with Crippen molar-refractivity contribution in [3.63, 3.8) is 0 Å². The molecule has 1 fully saturated rings. The number of likely N-dealkylation sites (tertiary alicyclic amines) is 1. The van der Waals surface area contributed by atoms with E-state index in [2.05, 4.69) is 5.32 Å². The predicted octanol–water partition coefficient (Wildman–Crippen LogP) is 2.10. The number of ether oxygens (including phenoxy) is 1. The van der Waals surface area contributed by atoms with E-state index in [0.29, 0.717) is 38.1 Å². The molecule has 0 aromatic heterocycles. The topological polar surface area (TPSA) is 75.7 Å². The summed E-state index contributed by atoms with van der Waals surface area (Å²) in [4.78, 5) is 37.1. The number of nitrogens with zero attached hydrogens (tertiary/aromatic N) is 1. The quantitative estimate of drug-likeness (QED) is 0.638. The largest absolute Gasteiger partial charge is 0.466 e. The van der Waals surface area contributed by atoms with E-state index in [1.54, 1.807) is 30.0 Å². The summed E-state index contributed by atoms with van der Waals surface area (Å²) in [6, 6.07) is 7.10. The minimum absolute atomic E-state index is 0.00832. The molecule has 24 heavy (non-hydrogen) atoms. The van der Waals surface area contributed by atoms with Crippen molar-refractivity contribution in [3.8, 4) is 0 Å². The van der Waals surface area contributed by atoms with Crippen LogP contribution in [-0.4, -0.2) is 48.8 Å². The van der Waals surface area contributed by atoms with Gasteiger partial charge >= 0.3 is 5.97 Å². The van der Waals surface area contributed by atoms with Gasteiger partial charge in [-0.15, -0.1) is 0 Å². The highest BCUT2D eigenvalue weighted by atomic mass is 16.5. The Morgan fingerprint density at radius 1 is 1.25 bits per heavy atom. The lowest BCUT2D eigenvalue weighted by atomic mass is 9.97. The van der Waals surface area contributed by atoms with E-state index in [1.165, 1.54) is 6.92 Å². The number of nitrogens with one attached hydrogen (secondary N) is 1. The number of benzene rings is 1. The van der Waals surface area contributed by atoms with Crippen molar-refractivity contribution in [3.05, 3.63) is 29.8 Å². The van der Waals surface area contributed by atoms with E-state index in [0.717, 1.165) is 5.69 Å². The van der Waals surface area contributed by atoms with Crippen LogP contribution < -0.4 is 5.32 Å². The molecule has 0 bridgehead atoms. The fourth-order valence-corrected chi connectivity index (χ4v) is 2.76. The molecule has 1 aliphatic rings. The first-order chi connectivity index (χ1) is 11.5. The lowest BCUT2D eigenvalue weighted by Gasteiger charge is -2.31. The van der Waals surface area contributed by atoms with Crippen LogP contribution in [0.3, 0.4) is 0 Å². The van der Waals surface area contributed by atoms with Crippen molar-refractivity contribution in [2.24, 2.45) is 5.92 Å². The molecule has 1 aliphatic heterocycles. The zero-order valence-electron chi connectivity index (χ0n) is 14.2. The highest BCUT2D eigenvalue weighted by Crippen LogP contribution is 2.19. The molecule has 6 heteroatoms. The van der Waals surface area contributed by atoms with Crippen LogP contribution in [0.4, 0.5) is 5.69 Å². The first-order valence-electron chi connectivity index (χ1n) is 8.30. The van der Waals surface area contributed by atoms with Crippen LogP contribution >= 0.6 is 0 Å². The summed E-state index contributed by atoms with van der Waals surface area (Å²) in [5, 5.41) is 3.06. The molecule has 1 aromatic rings. The fourth-order valence-electron chi connectivity index (χ4n) is 2.76. The van der Waals surface area contributed by atoms with Crippen molar-refractivity contribution >= 4 is 23.3 Å². The van der Waals surface area contributed by atoms with Gasteiger partial charge in [-0.3, -0.25) is 14.4 Å². The van der Waals surface area contributed by atoms with Crippen LogP contribution in [0, 0.1) is 5.92 Å². The predicted molar refractivity (Wildman–Crippen MR) is 90.9 cm³/mol. The number of rotatable bonds is 6. The first-order valence-corrected chi connectivity index (χ1v) is 8.30. The molecule has 130 valence electrons. The molecule has 0 unspecified atom stereocenters. The third-order valence-corrected chi connectivity index (χ3v) is 4.18. The Kier molecular flexibility index (Phi) is 6.35. The minimum Gasteiger partial charge on any atom is -0.466 e. The number of hydrogen-bond donors (Lipinski definition) is 1. The zero-order valence-corrected chi connectivity index (χ0v) is 14.2. The lowest BCUT2D eigenvalue weighted by Crippen LogP contribution is -2.43. The molecule has 1 aromatic carbocycles. The summed E-state index contributed by atoms with van der Waals surface area (Å²) < 4.78 is 5.03. The highest BCUT2D eigenvalue weighted by molar-refractivity contribution is 5.95. The summed E-state index contributed by atoms with van der Waals surface area (Å²) in [6.07, 6.45) is 1.29. The molecule has 0 radical (unpaired) electrons. The number of amides is 1. The molecule has 1 amide bonds. The Labute approximate surface area is 142 Å². The first kappa shape index (κ1) is 18.0. The van der Waals surface area contributed by atoms with Crippen LogP contribution in [0.2, 0.25) is 0 Å². The number of ketones is 1. The van der Waals surface area contributed by atoms with Crippen LogP contribution in [0.15, 0.2) is 24.3 Å². The second-order valence-corrected chi connectivity index (χ2v) is 5.90. The van der Waals surface area contributed by atoms with E-state index >= 15 is 0 Å². The Morgan fingerprint density at radius 2 is 1.96 bits per heavy atom. The standard InChI is InChI=1S/C18H24N2O4/c1-3-24-18(23)14-7-9-20(10-8-14)17(22)12-19-16-6-4-5-15(11-16)13(2)21/h4-6,11,14,19H,3,7-10,12H2,1-2H3. The molecule has 0 aliphatic carbocycles. The SMILES string of the molecule is CCOC(=O)C1CCN(C(=O)CNc2cccc(C(C)=O)c2)CC1. The van der Waals surface area contributed by atoms with Gasteiger partial charge in [-0.2, -0.15) is 0 Å². The van der Waals surface area contributed by atoms with Gasteiger partial charge in [0.15, 0.2) is 5.78 Å². The maximum Gasteiger partial charge on any atom is 0.309 e. The van der Waals surface area contributed by atoms with Gasteiger partial charge in [0.05, 0.1) is 19.1 Å². The van der Waals surface area contributed by atoms with E-state index in [-0.39, 0.29) is 30.1 Å². The van der Waals surface area contributed by atoms with Crippen LogP contribution in [0.25, 0.3) is 0 Å². The van der Waals surface area contributed by atoms with Gasteiger partial charge in [0.1, 0.15) is 0 Å².